The lowest BCUT2D eigenvalue weighted by molar-refractivity contribution is 0.828. The van der Waals surface area contributed by atoms with Crippen LogP contribution in [0, 0.1) is 6.92 Å². The van der Waals surface area contributed by atoms with Crippen molar-refractivity contribution in [3.8, 4) is 11.3 Å². The molecule has 0 unspecified atom stereocenters. The van der Waals surface area contributed by atoms with Crippen LogP contribution >= 0.6 is 0 Å². The van der Waals surface area contributed by atoms with Crippen LogP contribution < -0.4 is 5.56 Å². The van der Waals surface area contributed by atoms with Gasteiger partial charge in [-0.2, -0.15) is 14.7 Å². The van der Waals surface area contributed by atoms with Gasteiger partial charge in [-0.05, 0) is 6.92 Å². The molecule has 0 saturated heterocycles. The summed E-state index contributed by atoms with van der Waals surface area (Å²) in [7, 11) is 0. The maximum absolute atomic E-state index is 11.8. The van der Waals surface area contributed by atoms with E-state index in [1.807, 2.05) is 36.4 Å². The fraction of sp³-hybridized carbons (Fsp3) is 0.0833. The van der Waals surface area contributed by atoms with Gasteiger partial charge < -0.3 is 0 Å². The molecular weight excluding hydrogens is 216 g/mol. The van der Waals surface area contributed by atoms with Crippen molar-refractivity contribution in [3.63, 3.8) is 0 Å². The Kier molecular flexibility index (Phi) is 2.04. The summed E-state index contributed by atoms with van der Waals surface area (Å²) in [4.78, 5) is 11.8. The van der Waals surface area contributed by atoms with Crippen molar-refractivity contribution in [2.45, 2.75) is 6.92 Å². The highest BCUT2D eigenvalue weighted by atomic mass is 16.1. The molecule has 0 radical (unpaired) electrons. The fourth-order valence-corrected chi connectivity index (χ4v) is 1.71. The number of aryl methyl sites for hydroxylation is 1. The smallest absolute Gasteiger partial charge is 0.265 e. The SMILES string of the molecule is Cc1n[nH]c2cc(-c3ccccc3)nn2c1=O. The number of fused-ring (bicyclic) bond motifs is 1. The van der Waals surface area contributed by atoms with Crippen molar-refractivity contribution in [2.24, 2.45) is 0 Å². The maximum atomic E-state index is 11.8. The predicted molar refractivity (Wildman–Crippen MR) is 63.8 cm³/mol. The van der Waals surface area contributed by atoms with Crippen molar-refractivity contribution < 1.29 is 0 Å². The molecule has 0 aliphatic heterocycles. The fourth-order valence-electron chi connectivity index (χ4n) is 1.71. The molecule has 17 heavy (non-hydrogen) atoms. The summed E-state index contributed by atoms with van der Waals surface area (Å²) in [6.45, 7) is 1.65. The molecule has 3 aromatic rings. The summed E-state index contributed by atoms with van der Waals surface area (Å²) < 4.78 is 1.34. The van der Waals surface area contributed by atoms with E-state index in [-0.39, 0.29) is 5.56 Å². The minimum atomic E-state index is -0.194. The van der Waals surface area contributed by atoms with Crippen LogP contribution in [0.2, 0.25) is 0 Å². The highest BCUT2D eigenvalue weighted by Gasteiger charge is 2.08. The number of nitrogens with zero attached hydrogens (tertiary/aromatic N) is 3. The van der Waals surface area contributed by atoms with E-state index < -0.39 is 0 Å². The quantitative estimate of drug-likeness (QED) is 0.682. The van der Waals surface area contributed by atoms with E-state index in [9.17, 15) is 4.79 Å². The molecule has 84 valence electrons. The molecule has 0 amide bonds. The topological polar surface area (TPSA) is 63.1 Å². The van der Waals surface area contributed by atoms with E-state index >= 15 is 0 Å². The zero-order valence-corrected chi connectivity index (χ0v) is 9.21. The van der Waals surface area contributed by atoms with Gasteiger partial charge in [-0.15, -0.1) is 0 Å². The van der Waals surface area contributed by atoms with Crippen molar-refractivity contribution in [1.82, 2.24) is 19.8 Å². The summed E-state index contributed by atoms with van der Waals surface area (Å²) in [6.07, 6.45) is 0. The number of aromatic nitrogens is 4. The third-order valence-electron chi connectivity index (χ3n) is 2.62. The van der Waals surface area contributed by atoms with E-state index in [0.29, 0.717) is 11.3 Å². The molecule has 0 spiro atoms. The Balaban J connectivity index is 2.28. The van der Waals surface area contributed by atoms with Crippen molar-refractivity contribution in [1.29, 1.82) is 0 Å². The molecule has 0 atom stereocenters. The third kappa shape index (κ3) is 1.52. The molecule has 2 aromatic heterocycles. The molecular formula is C12H10N4O. The predicted octanol–water partition coefficient (Wildman–Crippen LogP) is 1.39. The molecule has 1 aromatic carbocycles. The number of aromatic amines is 1. The van der Waals surface area contributed by atoms with Crippen LogP contribution in [0.25, 0.3) is 16.9 Å². The van der Waals surface area contributed by atoms with Crippen molar-refractivity contribution >= 4 is 5.65 Å². The van der Waals surface area contributed by atoms with Crippen LogP contribution in [0.1, 0.15) is 5.69 Å². The highest BCUT2D eigenvalue weighted by Crippen LogP contribution is 2.17. The molecule has 0 aliphatic rings. The van der Waals surface area contributed by atoms with Gasteiger partial charge in [0, 0.05) is 11.6 Å². The van der Waals surface area contributed by atoms with Gasteiger partial charge in [-0.1, -0.05) is 30.3 Å². The summed E-state index contributed by atoms with van der Waals surface area (Å²) in [5.41, 5.74) is 2.54. The van der Waals surface area contributed by atoms with E-state index in [1.54, 1.807) is 6.92 Å². The van der Waals surface area contributed by atoms with E-state index in [1.165, 1.54) is 4.52 Å². The molecule has 0 fully saturated rings. The second-order valence-electron chi connectivity index (χ2n) is 3.81. The van der Waals surface area contributed by atoms with Crippen LogP contribution in [-0.2, 0) is 0 Å². The largest absolute Gasteiger partial charge is 0.296 e. The molecule has 0 saturated carbocycles. The molecule has 0 bridgehead atoms. The minimum Gasteiger partial charge on any atom is -0.265 e. The van der Waals surface area contributed by atoms with E-state index in [0.717, 1.165) is 11.3 Å². The molecule has 5 nitrogen and oxygen atoms in total. The van der Waals surface area contributed by atoms with Gasteiger partial charge in [0.2, 0.25) is 0 Å². The number of rotatable bonds is 1. The normalized spacial score (nSPS) is 10.9. The van der Waals surface area contributed by atoms with Crippen molar-refractivity contribution in [3.05, 3.63) is 52.4 Å². The van der Waals surface area contributed by atoms with Gasteiger partial charge in [0.1, 0.15) is 5.69 Å². The monoisotopic (exact) mass is 226 g/mol. The molecule has 2 heterocycles. The van der Waals surface area contributed by atoms with Gasteiger partial charge in [0.15, 0.2) is 5.65 Å². The zero-order chi connectivity index (χ0) is 11.8. The molecule has 3 rings (SSSR count). The first-order valence-corrected chi connectivity index (χ1v) is 5.26. The lowest BCUT2D eigenvalue weighted by Gasteiger charge is -1.93. The second-order valence-corrected chi connectivity index (χ2v) is 3.81. The van der Waals surface area contributed by atoms with Crippen LogP contribution in [0.4, 0.5) is 0 Å². The summed E-state index contributed by atoms with van der Waals surface area (Å²) in [5.74, 6) is 0. The van der Waals surface area contributed by atoms with Crippen molar-refractivity contribution in [2.75, 3.05) is 0 Å². The average molecular weight is 226 g/mol. The Hall–Kier alpha value is -2.43. The maximum Gasteiger partial charge on any atom is 0.296 e. The Morgan fingerprint density at radius 2 is 2.00 bits per heavy atom. The number of nitrogens with one attached hydrogen (secondary N) is 1. The number of benzene rings is 1. The minimum absolute atomic E-state index is 0.194. The number of hydrogen-bond donors (Lipinski definition) is 1. The van der Waals surface area contributed by atoms with E-state index in [2.05, 4.69) is 15.3 Å². The van der Waals surface area contributed by atoms with Gasteiger partial charge in [0.25, 0.3) is 5.56 Å². The summed E-state index contributed by atoms with van der Waals surface area (Å²) >= 11 is 0. The Labute approximate surface area is 96.7 Å². The molecule has 1 N–H and O–H groups in total. The molecule has 0 aliphatic carbocycles. The first-order valence-electron chi connectivity index (χ1n) is 5.26. The van der Waals surface area contributed by atoms with E-state index in [4.69, 9.17) is 0 Å². The first-order chi connectivity index (χ1) is 8.25. The standard InChI is InChI=1S/C12H10N4O/c1-8-12(17)16-11(14-13-8)7-10(15-16)9-5-3-2-4-6-9/h2-7,14H,1H3. The number of hydrogen-bond acceptors (Lipinski definition) is 3. The van der Waals surface area contributed by atoms with Gasteiger partial charge in [-0.3, -0.25) is 9.89 Å². The molecule has 5 heteroatoms. The lowest BCUT2D eigenvalue weighted by atomic mass is 10.2. The first kappa shape index (κ1) is 9.77. The number of H-pyrrole nitrogens is 1. The Bertz CT molecular complexity index is 727. The summed E-state index contributed by atoms with van der Waals surface area (Å²) in [6, 6.07) is 11.5. The van der Waals surface area contributed by atoms with Gasteiger partial charge >= 0.3 is 0 Å². The zero-order valence-electron chi connectivity index (χ0n) is 9.21. The third-order valence-corrected chi connectivity index (χ3v) is 2.62. The van der Waals surface area contributed by atoms with Crippen LogP contribution in [0.15, 0.2) is 41.2 Å². The Morgan fingerprint density at radius 3 is 2.76 bits per heavy atom. The lowest BCUT2D eigenvalue weighted by Crippen LogP contribution is -2.19. The highest BCUT2D eigenvalue weighted by molar-refractivity contribution is 5.63. The van der Waals surface area contributed by atoms with Crippen LogP contribution in [0.5, 0.6) is 0 Å². The average Bonchev–Trinajstić information content (AvgIpc) is 2.80. The van der Waals surface area contributed by atoms with Crippen LogP contribution in [0.3, 0.4) is 0 Å². The van der Waals surface area contributed by atoms with Gasteiger partial charge in [0.05, 0.1) is 5.69 Å². The summed E-state index contributed by atoms with van der Waals surface area (Å²) in [5, 5.41) is 11.0. The Morgan fingerprint density at radius 1 is 1.24 bits per heavy atom. The van der Waals surface area contributed by atoms with Crippen LogP contribution in [-0.4, -0.2) is 19.8 Å². The van der Waals surface area contributed by atoms with Gasteiger partial charge in [-0.25, -0.2) is 0 Å². The second kappa shape index (κ2) is 3.55.